The van der Waals surface area contributed by atoms with Gasteiger partial charge in [0.1, 0.15) is 0 Å². The molecule has 0 saturated carbocycles. The van der Waals surface area contributed by atoms with Crippen LogP contribution in [0, 0.1) is 0 Å². The zero-order valence-electron chi connectivity index (χ0n) is 22.2. The van der Waals surface area contributed by atoms with Gasteiger partial charge < -0.3 is 70.0 Å². The van der Waals surface area contributed by atoms with E-state index in [9.17, 15) is 65.4 Å². The molecule has 1 heterocycles. The van der Waals surface area contributed by atoms with E-state index in [1.54, 1.807) is 0 Å². The van der Waals surface area contributed by atoms with E-state index in [1.165, 1.54) is 6.92 Å². The van der Waals surface area contributed by atoms with E-state index in [1.807, 2.05) is 0 Å². The van der Waals surface area contributed by atoms with Gasteiger partial charge in [-0.15, -0.1) is 0 Å². The molecule has 1 aliphatic rings. The molecule has 0 aromatic heterocycles. The predicted octanol–water partition coefficient (Wildman–Crippen LogP) is 0.751. The van der Waals surface area contributed by atoms with Crippen molar-refractivity contribution in [2.75, 3.05) is 0 Å². The average molecular weight is 620 g/mol. The Kier molecular flexibility index (Phi) is 8.36. The first-order chi connectivity index (χ1) is 20.6. The van der Waals surface area contributed by atoms with Gasteiger partial charge >= 0.3 is 17.9 Å². The lowest BCUT2D eigenvalue weighted by molar-refractivity contribution is -0.275. The van der Waals surface area contributed by atoms with Crippen LogP contribution < -0.4 is 0 Å². The number of carbonyl (C=O) groups excluding carboxylic acids is 3. The molecule has 3 aromatic rings. The minimum atomic E-state index is -2.08. The monoisotopic (exact) mass is 620 g/mol. The summed E-state index contributed by atoms with van der Waals surface area (Å²) in [6.07, 6.45) is -9.13. The number of phenols is 9. The molecule has 234 valence electrons. The van der Waals surface area contributed by atoms with Gasteiger partial charge in [0.2, 0.25) is 0 Å². The zero-order valence-corrected chi connectivity index (χ0v) is 22.2. The van der Waals surface area contributed by atoms with Gasteiger partial charge in [-0.1, -0.05) is 0 Å². The molecule has 17 heteroatoms. The third-order valence-corrected chi connectivity index (χ3v) is 6.39. The summed E-state index contributed by atoms with van der Waals surface area (Å²) in [5.41, 5.74) is -1.65. The molecule has 5 atom stereocenters. The van der Waals surface area contributed by atoms with Gasteiger partial charge in [-0.25, -0.2) is 14.4 Å². The van der Waals surface area contributed by atoms with Crippen molar-refractivity contribution in [1.82, 2.24) is 0 Å². The lowest BCUT2D eigenvalue weighted by atomic mass is 9.98. The van der Waals surface area contributed by atoms with E-state index in [4.69, 9.17) is 18.9 Å². The molecule has 0 amide bonds. The van der Waals surface area contributed by atoms with Gasteiger partial charge in [0.05, 0.1) is 22.8 Å². The number of benzene rings is 3. The number of carbonyl (C=O) groups is 3. The first-order valence-electron chi connectivity index (χ1n) is 12.3. The number of aliphatic hydroxyl groups is 1. The number of hydrogen-bond acceptors (Lipinski definition) is 17. The SMILES string of the molecule is C[C@H]1O[C@@H](O)[C@H](OC(=O)c2cc(O)c(O)c(O)c2)[C@@H](OC(=O)c2cc(O)c(O)c(O)c2)[C@@H]1OC(=O)c1cc(O)c(O)c(O)c1. The summed E-state index contributed by atoms with van der Waals surface area (Å²) in [5.74, 6) is -12.4. The Balaban J connectivity index is 1.72. The molecule has 17 nitrogen and oxygen atoms in total. The molecule has 10 N–H and O–H groups in total. The second-order valence-electron chi connectivity index (χ2n) is 9.43. The van der Waals surface area contributed by atoms with Crippen molar-refractivity contribution < 1.29 is 84.4 Å². The predicted molar refractivity (Wildman–Crippen MR) is 138 cm³/mol. The summed E-state index contributed by atoms with van der Waals surface area (Å²) < 4.78 is 21.3. The Labute approximate surface area is 245 Å². The Morgan fingerprint density at radius 3 is 1.11 bits per heavy atom. The first-order valence-corrected chi connectivity index (χ1v) is 12.3. The number of phenolic OH excluding ortho intramolecular Hbond substituents is 9. The highest BCUT2D eigenvalue weighted by Crippen LogP contribution is 2.39. The smallest absolute Gasteiger partial charge is 0.339 e. The molecule has 0 bridgehead atoms. The Morgan fingerprint density at radius 1 is 0.523 bits per heavy atom. The van der Waals surface area contributed by atoms with Gasteiger partial charge in [-0.3, -0.25) is 0 Å². The maximum Gasteiger partial charge on any atom is 0.339 e. The van der Waals surface area contributed by atoms with E-state index in [2.05, 4.69) is 0 Å². The molecular weight excluding hydrogens is 596 g/mol. The molecular formula is C27H24O17. The topological polar surface area (TPSA) is 290 Å². The second-order valence-corrected chi connectivity index (χ2v) is 9.43. The van der Waals surface area contributed by atoms with Crippen LogP contribution in [-0.2, 0) is 18.9 Å². The van der Waals surface area contributed by atoms with Gasteiger partial charge in [-0.2, -0.15) is 0 Å². The fourth-order valence-electron chi connectivity index (χ4n) is 4.15. The van der Waals surface area contributed by atoms with Crippen molar-refractivity contribution in [2.45, 2.75) is 37.6 Å². The molecule has 4 rings (SSSR count). The van der Waals surface area contributed by atoms with Crippen LogP contribution in [0.4, 0.5) is 0 Å². The Hall–Kier alpha value is -5.81. The first kappa shape index (κ1) is 31.1. The highest BCUT2D eigenvalue weighted by atomic mass is 16.7. The number of ether oxygens (including phenoxy) is 4. The summed E-state index contributed by atoms with van der Waals surface area (Å²) >= 11 is 0. The van der Waals surface area contributed by atoms with Crippen LogP contribution in [0.25, 0.3) is 0 Å². The molecule has 1 aliphatic heterocycles. The van der Waals surface area contributed by atoms with Crippen molar-refractivity contribution in [1.29, 1.82) is 0 Å². The van der Waals surface area contributed by atoms with Gasteiger partial charge in [-0.05, 0) is 43.3 Å². The average Bonchev–Trinajstić information content (AvgIpc) is 2.95. The van der Waals surface area contributed by atoms with Crippen molar-refractivity contribution in [2.24, 2.45) is 0 Å². The Bertz CT molecular complexity index is 1480. The lowest BCUT2D eigenvalue weighted by Crippen LogP contribution is -2.60. The highest BCUT2D eigenvalue weighted by Gasteiger charge is 2.51. The van der Waals surface area contributed by atoms with E-state index in [0.29, 0.717) is 24.3 Å². The molecule has 3 aromatic carbocycles. The molecule has 1 fully saturated rings. The van der Waals surface area contributed by atoms with E-state index in [-0.39, 0.29) is 0 Å². The van der Waals surface area contributed by atoms with Crippen LogP contribution in [-0.4, -0.2) is 99.7 Å². The molecule has 0 radical (unpaired) electrons. The third kappa shape index (κ3) is 6.03. The third-order valence-electron chi connectivity index (χ3n) is 6.39. The second kappa shape index (κ2) is 11.8. The molecule has 0 aliphatic carbocycles. The summed E-state index contributed by atoms with van der Waals surface area (Å²) in [4.78, 5) is 39.0. The van der Waals surface area contributed by atoms with Crippen LogP contribution in [0.15, 0.2) is 36.4 Å². The zero-order chi connectivity index (χ0) is 32.6. The van der Waals surface area contributed by atoms with E-state index >= 15 is 0 Å². The van der Waals surface area contributed by atoms with Gasteiger partial charge in [0, 0.05) is 0 Å². The van der Waals surface area contributed by atoms with Gasteiger partial charge in [0.25, 0.3) is 0 Å². The number of hydrogen-bond donors (Lipinski definition) is 10. The van der Waals surface area contributed by atoms with Crippen molar-refractivity contribution in [3.05, 3.63) is 53.1 Å². The summed E-state index contributed by atoms with van der Waals surface area (Å²) in [5, 5.41) is 98.1. The fraction of sp³-hybridized carbons (Fsp3) is 0.222. The maximum atomic E-state index is 13.1. The van der Waals surface area contributed by atoms with Crippen LogP contribution >= 0.6 is 0 Å². The molecule has 0 spiro atoms. The minimum absolute atomic E-state index is 0.516. The molecule has 1 saturated heterocycles. The highest BCUT2D eigenvalue weighted by molar-refractivity contribution is 5.93. The van der Waals surface area contributed by atoms with Crippen LogP contribution in [0.2, 0.25) is 0 Å². The summed E-state index contributed by atoms with van der Waals surface area (Å²) in [7, 11) is 0. The van der Waals surface area contributed by atoms with E-state index < -0.39 is 117 Å². The van der Waals surface area contributed by atoms with Crippen molar-refractivity contribution in [3.8, 4) is 51.7 Å². The number of aromatic hydroxyl groups is 9. The normalized spacial score (nSPS) is 21.3. The van der Waals surface area contributed by atoms with Crippen molar-refractivity contribution >= 4 is 17.9 Å². The van der Waals surface area contributed by atoms with Gasteiger partial charge in [0.15, 0.2) is 76.3 Å². The standard InChI is InChI=1S/C27H24O17/c1-8-21(42-24(37)9-2-12(28)18(34)13(29)3-9)22(43-25(38)10-4-14(30)19(35)15(31)5-10)23(27(40)41-8)44-26(39)11-6-16(32)20(36)17(33)7-11/h2-8,21-23,27-36,40H,1H3/t8-,21-,22+,23-,27-/m1/s1. The van der Waals surface area contributed by atoms with Crippen LogP contribution in [0.5, 0.6) is 51.7 Å². The lowest BCUT2D eigenvalue weighted by Gasteiger charge is -2.42. The molecule has 0 unspecified atom stereocenters. The van der Waals surface area contributed by atoms with E-state index in [0.717, 1.165) is 12.1 Å². The largest absolute Gasteiger partial charge is 0.504 e. The van der Waals surface area contributed by atoms with Crippen LogP contribution in [0.3, 0.4) is 0 Å². The Morgan fingerprint density at radius 2 is 0.795 bits per heavy atom. The molecule has 44 heavy (non-hydrogen) atoms. The summed E-state index contributed by atoms with van der Waals surface area (Å²) in [6, 6.07) is 4.24. The maximum absolute atomic E-state index is 13.1. The van der Waals surface area contributed by atoms with Crippen molar-refractivity contribution in [3.63, 3.8) is 0 Å². The fourth-order valence-corrected chi connectivity index (χ4v) is 4.15. The minimum Gasteiger partial charge on any atom is -0.504 e. The quantitative estimate of drug-likeness (QED) is 0.103. The van der Waals surface area contributed by atoms with Crippen LogP contribution in [0.1, 0.15) is 38.0 Å². The summed E-state index contributed by atoms with van der Waals surface area (Å²) in [6.45, 7) is 1.25. The number of rotatable bonds is 6. The number of esters is 3. The number of aliphatic hydroxyl groups excluding tert-OH is 1.